The largest absolute Gasteiger partial charge is 0.382 e. The average molecular weight is 160 g/mol. The van der Waals surface area contributed by atoms with Crippen LogP contribution in [0.25, 0.3) is 0 Å². The number of hydrogen-bond donors (Lipinski definition) is 0. The molecule has 0 aliphatic carbocycles. The first-order chi connectivity index (χ1) is 5.33. The third-order valence-corrected chi connectivity index (χ3v) is 1.78. The van der Waals surface area contributed by atoms with Gasteiger partial charge in [0.2, 0.25) is 0 Å². The van der Waals surface area contributed by atoms with Gasteiger partial charge >= 0.3 is 0 Å². The number of rotatable bonds is 6. The monoisotopic (exact) mass is 160 g/mol. The lowest BCUT2D eigenvalue weighted by molar-refractivity contribution is 0.0563. The Kier molecular flexibility index (Phi) is 3.83. The van der Waals surface area contributed by atoms with E-state index in [-0.39, 0.29) is 0 Å². The van der Waals surface area contributed by atoms with E-state index >= 15 is 0 Å². The number of epoxide rings is 1. The third kappa shape index (κ3) is 4.35. The van der Waals surface area contributed by atoms with Crippen LogP contribution in [-0.4, -0.2) is 39.1 Å². The molecule has 1 heterocycles. The van der Waals surface area contributed by atoms with Crippen LogP contribution in [-0.2, 0) is 14.2 Å². The summed E-state index contributed by atoms with van der Waals surface area (Å²) in [6.07, 6.45) is 1.64. The molecule has 0 amide bonds. The van der Waals surface area contributed by atoms with Crippen molar-refractivity contribution in [1.29, 1.82) is 0 Å². The van der Waals surface area contributed by atoms with Gasteiger partial charge in [-0.2, -0.15) is 0 Å². The van der Waals surface area contributed by atoms with Gasteiger partial charge in [-0.1, -0.05) is 0 Å². The van der Waals surface area contributed by atoms with Crippen molar-refractivity contribution in [3.63, 3.8) is 0 Å². The summed E-state index contributed by atoms with van der Waals surface area (Å²) in [7, 11) is 1.72. The molecule has 0 N–H and O–H groups in total. The van der Waals surface area contributed by atoms with Crippen molar-refractivity contribution in [3.05, 3.63) is 0 Å². The van der Waals surface area contributed by atoms with E-state index in [1.54, 1.807) is 7.11 Å². The van der Waals surface area contributed by atoms with Crippen molar-refractivity contribution in [2.75, 3.05) is 26.9 Å². The van der Waals surface area contributed by atoms with Crippen LogP contribution in [0.4, 0.5) is 0 Å². The van der Waals surface area contributed by atoms with E-state index in [4.69, 9.17) is 14.2 Å². The van der Waals surface area contributed by atoms with Crippen LogP contribution in [0, 0.1) is 0 Å². The summed E-state index contributed by atoms with van der Waals surface area (Å²) in [4.78, 5) is 0. The molecule has 11 heavy (non-hydrogen) atoms. The van der Waals surface area contributed by atoms with E-state index in [2.05, 4.69) is 0 Å². The molecule has 3 nitrogen and oxygen atoms in total. The van der Waals surface area contributed by atoms with Gasteiger partial charge in [0.15, 0.2) is 0 Å². The van der Waals surface area contributed by atoms with E-state index in [1.165, 1.54) is 0 Å². The van der Waals surface area contributed by atoms with Gasteiger partial charge in [0.25, 0.3) is 0 Å². The lowest BCUT2D eigenvalue weighted by Crippen LogP contribution is -2.10. The van der Waals surface area contributed by atoms with Crippen molar-refractivity contribution >= 4 is 0 Å². The van der Waals surface area contributed by atoms with E-state index in [9.17, 15) is 0 Å². The quantitative estimate of drug-likeness (QED) is 0.426. The molecule has 0 aromatic carbocycles. The highest BCUT2D eigenvalue weighted by Crippen LogP contribution is 2.08. The first kappa shape index (κ1) is 8.97. The molecule has 1 aliphatic rings. The fraction of sp³-hybridized carbons (Fsp3) is 1.00. The highest BCUT2D eigenvalue weighted by Gasteiger charge is 2.22. The van der Waals surface area contributed by atoms with E-state index < -0.39 is 0 Å². The zero-order chi connectivity index (χ0) is 8.10. The van der Waals surface area contributed by atoms with Crippen molar-refractivity contribution in [1.82, 2.24) is 0 Å². The molecule has 1 fully saturated rings. The van der Waals surface area contributed by atoms with E-state index in [0.717, 1.165) is 26.2 Å². The zero-order valence-corrected chi connectivity index (χ0v) is 7.21. The molecule has 0 bridgehead atoms. The molecule has 1 aliphatic heterocycles. The van der Waals surface area contributed by atoms with Gasteiger partial charge in [-0.15, -0.1) is 0 Å². The normalized spacial score (nSPS) is 25.1. The van der Waals surface area contributed by atoms with Gasteiger partial charge in [-0.25, -0.2) is 0 Å². The van der Waals surface area contributed by atoms with Crippen molar-refractivity contribution in [3.8, 4) is 0 Å². The summed E-state index contributed by atoms with van der Waals surface area (Å²) < 4.78 is 15.4. The molecule has 1 saturated heterocycles. The molecule has 3 heteroatoms. The van der Waals surface area contributed by atoms with E-state index in [1.807, 2.05) is 6.92 Å². The van der Waals surface area contributed by atoms with Crippen molar-refractivity contribution in [2.45, 2.75) is 25.6 Å². The van der Waals surface area contributed by atoms with Crippen LogP contribution in [0.15, 0.2) is 0 Å². The first-order valence-electron chi connectivity index (χ1n) is 4.05. The number of hydrogen-bond acceptors (Lipinski definition) is 3. The molecule has 0 aromatic heterocycles. The zero-order valence-electron chi connectivity index (χ0n) is 7.21. The Hall–Kier alpha value is -0.120. The van der Waals surface area contributed by atoms with Gasteiger partial charge < -0.3 is 14.2 Å². The number of methoxy groups -OCH3 is 1. The van der Waals surface area contributed by atoms with Crippen LogP contribution in [0.1, 0.15) is 13.3 Å². The summed E-state index contributed by atoms with van der Waals surface area (Å²) in [6.45, 7) is 4.43. The molecule has 0 aromatic rings. The van der Waals surface area contributed by atoms with Crippen LogP contribution in [0.3, 0.4) is 0 Å². The fourth-order valence-electron chi connectivity index (χ4n) is 0.746. The molecule has 2 unspecified atom stereocenters. The topological polar surface area (TPSA) is 31.0 Å². The maximum Gasteiger partial charge on any atom is 0.104 e. The summed E-state index contributed by atoms with van der Waals surface area (Å²) in [5, 5.41) is 0. The summed E-state index contributed by atoms with van der Waals surface area (Å²) >= 11 is 0. The predicted octanol–water partition coefficient (Wildman–Crippen LogP) is 0.827. The summed E-state index contributed by atoms with van der Waals surface area (Å²) in [6, 6.07) is 0. The average Bonchev–Trinajstić information content (AvgIpc) is 2.81. The second kappa shape index (κ2) is 4.70. The molecule has 0 saturated carbocycles. The maximum atomic E-state index is 5.33. The summed E-state index contributed by atoms with van der Waals surface area (Å²) in [5.74, 6) is 0. The van der Waals surface area contributed by atoms with Crippen LogP contribution in [0.5, 0.6) is 0 Å². The minimum absolute atomic E-state index is 0.301. The Labute approximate surface area is 67.6 Å². The lowest BCUT2D eigenvalue weighted by Gasteiger charge is -2.08. The van der Waals surface area contributed by atoms with Crippen LogP contribution >= 0.6 is 0 Å². The van der Waals surface area contributed by atoms with Gasteiger partial charge in [-0.05, 0) is 13.3 Å². The molecule has 66 valence electrons. The predicted molar refractivity (Wildman–Crippen MR) is 41.6 cm³/mol. The standard InChI is InChI=1S/C8H16O3/c1-7(9-2)3-4-10-5-8-6-11-8/h7-8H,3-6H2,1-2H3. The number of ether oxygens (including phenoxy) is 3. The minimum Gasteiger partial charge on any atom is -0.382 e. The van der Waals surface area contributed by atoms with E-state index in [0.29, 0.717) is 12.2 Å². The molecule has 0 spiro atoms. The molecule has 1 rings (SSSR count). The second-order valence-corrected chi connectivity index (χ2v) is 2.87. The fourth-order valence-corrected chi connectivity index (χ4v) is 0.746. The highest BCUT2D eigenvalue weighted by atomic mass is 16.6. The molecule has 2 atom stereocenters. The van der Waals surface area contributed by atoms with Gasteiger partial charge in [0, 0.05) is 13.7 Å². The second-order valence-electron chi connectivity index (χ2n) is 2.87. The lowest BCUT2D eigenvalue weighted by atomic mass is 10.3. The molecular weight excluding hydrogens is 144 g/mol. The molecule has 0 radical (unpaired) electrons. The maximum absolute atomic E-state index is 5.33. The van der Waals surface area contributed by atoms with Crippen LogP contribution < -0.4 is 0 Å². The van der Waals surface area contributed by atoms with Crippen molar-refractivity contribution < 1.29 is 14.2 Å². The summed E-state index contributed by atoms with van der Waals surface area (Å²) in [5.41, 5.74) is 0. The Balaban J connectivity index is 1.79. The van der Waals surface area contributed by atoms with Gasteiger partial charge in [0.05, 0.1) is 19.3 Å². The highest BCUT2D eigenvalue weighted by molar-refractivity contribution is 4.67. The Bertz CT molecular complexity index is 102. The Morgan fingerprint density at radius 1 is 1.64 bits per heavy atom. The Morgan fingerprint density at radius 2 is 2.36 bits per heavy atom. The van der Waals surface area contributed by atoms with Crippen molar-refractivity contribution in [2.24, 2.45) is 0 Å². The minimum atomic E-state index is 0.301. The molecular formula is C8H16O3. The first-order valence-corrected chi connectivity index (χ1v) is 4.05. The SMILES string of the molecule is COC(C)CCOCC1CO1. The smallest absolute Gasteiger partial charge is 0.104 e. The van der Waals surface area contributed by atoms with Gasteiger partial charge in [0.1, 0.15) is 6.10 Å². The Morgan fingerprint density at radius 3 is 2.91 bits per heavy atom. The van der Waals surface area contributed by atoms with Crippen LogP contribution in [0.2, 0.25) is 0 Å². The third-order valence-electron chi connectivity index (χ3n) is 1.78. The van der Waals surface area contributed by atoms with Gasteiger partial charge in [-0.3, -0.25) is 0 Å².